The van der Waals surface area contributed by atoms with E-state index in [1.54, 1.807) is 20.4 Å². The summed E-state index contributed by atoms with van der Waals surface area (Å²) in [4.78, 5) is 8.78. The number of benzene rings is 2. The molecule has 0 aliphatic carbocycles. The maximum atomic E-state index is 5.57. The Balaban J connectivity index is 1.50. The molecule has 2 aromatic carbocycles. The summed E-state index contributed by atoms with van der Waals surface area (Å²) < 4.78 is 11.0. The van der Waals surface area contributed by atoms with Crippen LogP contribution in [0.3, 0.4) is 0 Å². The normalized spacial score (nSPS) is 11.3. The van der Waals surface area contributed by atoms with Crippen LogP contribution in [0.4, 0.5) is 0 Å². The molecule has 0 spiro atoms. The molecule has 0 aliphatic rings. The largest absolute Gasteiger partial charge is 0.496 e. The number of guanidine groups is 1. The van der Waals surface area contributed by atoms with Gasteiger partial charge in [0.05, 0.1) is 19.3 Å². The fourth-order valence-corrected chi connectivity index (χ4v) is 2.91. The Hall–Kier alpha value is -3.28. The molecule has 1 heterocycles. The molecule has 0 atom stereocenters. The van der Waals surface area contributed by atoms with Gasteiger partial charge in [0.15, 0.2) is 5.96 Å². The number of nitrogens with one attached hydrogen (secondary N) is 2. The number of methoxy groups -OCH3 is 1. The van der Waals surface area contributed by atoms with Crippen molar-refractivity contribution in [1.29, 1.82) is 0 Å². The van der Waals surface area contributed by atoms with E-state index in [1.165, 1.54) is 11.1 Å². The summed E-state index contributed by atoms with van der Waals surface area (Å²) in [7, 11) is 3.45. The van der Waals surface area contributed by atoms with Gasteiger partial charge in [0.25, 0.3) is 0 Å². The molecule has 146 valence electrons. The SMILES string of the molecule is CN=C(NCCc1cc(C)ccc1OC)NCc1coc(-c2ccccc2)n1. The molecule has 0 saturated heterocycles. The van der Waals surface area contributed by atoms with Gasteiger partial charge in [-0.3, -0.25) is 4.99 Å². The number of hydrogen-bond donors (Lipinski definition) is 2. The van der Waals surface area contributed by atoms with Gasteiger partial charge in [0.1, 0.15) is 12.0 Å². The number of aromatic nitrogens is 1. The van der Waals surface area contributed by atoms with E-state index in [4.69, 9.17) is 9.15 Å². The molecule has 0 saturated carbocycles. The summed E-state index contributed by atoms with van der Waals surface area (Å²) in [5.74, 6) is 2.24. The summed E-state index contributed by atoms with van der Waals surface area (Å²) in [5.41, 5.74) is 4.18. The first-order valence-corrected chi connectivity index (χ1v) is 9.27. The molecule has 3 rings (SSSR count). The monoisotopic (exact) mass is 378 g/mol. The Kier molecular flexibility index (Phi) is 6.68. The van der Waals surface area contributed by atoms with Crippen molar-refractivity contribution < 1.29 is 9.15 Å². The van der Waals surface area contributed by atoms with Gasteiger partial charge >= 0.3 is 0 Å². The Labute approximate surface area is 165 Å². The highest BCUT2D eigenvalue weighted by Gasteiger charge is 2.08. The predicted molar refractivity (Wildman–Crippen MR) is 112 cm³/mol. The molecule has 0 fully saturated rings. The summed E-state index contributed by atoms with van der Waals surface area (Å²) in [6.45, 7) is 3.36. The first kappa shape index (κ1) is 19.5. The highest BCUT2D eigenvalue weighted by Crippen LogP contribution is 2.20. The summed E-state index contributed by atoms with van der Waals surface area (Å²) >= 11 is 0. The van der Waals surface area contributed by atoms with Crippen LogP contribution in [-0.4, -0.2) is 31.6 Å². The van der Waals surface area contributed by atoms with Gasteiger partial charge < -0.3 is 19.8 Å². The van der Waals surface area contributed by atoms with E-state index in [2.05, 4.69) is 39.7 Å². The third kappa shape index (κ3) is 5.13. The average Bonchev–Trinajstić information content (AvgIpc) is 3.20. The van der Waals surface area contributed by atoms with Crippen LogP contribution < -0.4 is 15.4 Å². The van der Waals surface area contributed by atoms with E-state index in [0.29, 0.717) is 12.4 Å². The van der Waals surface area contributed by atoms with E-state index >= 15 is 0 Å². The molecule has 0 aliphatic heterocycles. The summed E-state index contributed by atoms with van der Waals surface area (Å²) in [5, 5.41) is 6.58. The topological polar surface area (TPSA) is 71.7 Å². The van der Waals surface area contributed by atoms with Crippen molar-refractivity contribution in [2.24, 2.45) is 4.99 Å². The van der Waals surface area contributed by atoms with Crippen LogP contribution in [0, 0.1) is 6.92 Å². The fraction of sp³-hybridized carbons (Fsp3) is 0.273. The maximum absolute atomic E-state index is 5.57. The number of hydrogen-bond acceptors (Lipinski definition) is 4. The van der Waals surface area contributed by atoms with E-state index in [1.807, 2.05) is 36.4 Å². The first-order chi connectivity index (χ1) is 13.7. The molecular weight excluding hydrogens is 352 g/mol. The fourth-order valence-electron chi connectivity index (χ4n) is 2.91. The van der Waals surface area contributed by atoms with E-state index in [9.17, 15) is 0 Å². The molecule has 0 bridgehead atoms. The Morgan fingerprint density at radius 3 is 2.71 bits per heavy atom. The molecule has 0 radical (unpaired) electrons. The minimum atomic E-state index is 0.532. The number of rotatable bonds is 7. The zero-order valence-electron chi connectivity index (χ0n) is 16.5. The van der Waals surface area contributed by atoms with Crippen LogP contribution in [0.2, 0.25) is 0 Å². The lowest BCUT2D eigenvalue weighted by Crippen LogP contribution is -2.37. The molecule has 6 nitrogen and oxygen atoms in total. The van der Waals surface area contributed by atoms with Gasteiger partial charge in [-0.2, -0.15) is 0 Å². The first-order valence-electron chi connectivity index (χ1n) is 9.27. The number of aryl methyl sites for hydroxylation is 1. The average molecular weight is 378 g/mol. The predicted octanol–water partition coefficient (Wildman–Crippen LogP) is 3.57. The van der Waals surface area contributed by atoms with Gasteiger partial charge in [-0.25, -0.2) is 4.98 Å². The van der Waals surface area contributed by atoms with Gasteiger partial charge in [0.2, 0.25) is 5.89 Å². The lowest BCUT2D eigenvalue weighted by atomic mass is 10.1. The van der Waals surface area contributed by atoms with Crippen molar-refractivity contribution in [3.8, 4) is 17.2 Å². The van der Waals surface area contributed by atoms with Crippen molar-refractivity contribution in [1.82, 2.24) is 15.6 Å². The van der Waals surface area contributed by atoms with Crippen molar-refractivity contribution in [2.75, 3.05) is 20.7 Å². The van der Waals surface area contributed by atoms with Gasteiger partial charge in [-0.05, 0) is 37.1 Å². The van der Waals surface area contributed by atoms with Crippen molar-refractivity contribution in [3.63, 3.8) is 0 Å². The zero-order chi connectivity index (χ0) is 19.8. The van der Waals surface area contributed by atoms with Gasteiger partial charge in [-0.1, -0.05) is 35.9 Å². The van der Waals surface area contributed by atoms with Crippen LogP contribution in [0.25, 0.3) is 11.5 Å². The van der Waals surface area contributed by atoms with Crippen LogP contribution in [-0.2, 0) is 13.0 Å². The van der Waals surface area contributed by atoms with Crippen molar-refractivity contribution in [3.05, 3.63) is 71.6 Å². The second-order valence-corrected chi connectivity index (χ2v) is 6.43. The van der Waals surface area contributed by atoms with Crippen LogP contribution >= 0.6 is 0 Å². The zero-order valence-corrected chi connectivity index (χ0v) is 16.5. The van der Waals surface area contributed by atoms with E-state index in [0.717, 1.165) is 35.9 Å². The molecule has 0 amide bonds. The second kappa shape index (κ2) is 9.60. The molecule has 6 heteroatoms. The van der Waals surface area contributed by atoms with Crippen molar-refractivity contribution in [2.45, 2.75) is 19.9 Å². The third-order valence-electron chi connectivity index (χ3n) is 4.36. The molecule has 28 heavy (non-hydrogen) atoms. The molecule has 3 aromatic rings. The molecule has 1 aromatic heterocycles. The van der Waals surface area contributed by atoms with Gasteiger partial charge in [-0.15, -0.1) is 0 Å². The minimum Gasteiger partial charge on any atom is -0.496 e. The Bertz CT molecular complexity index is 919. The molecule has 2 N–H and O–H groups in total. The Morgan fingerprint density at radius 2 is 1.96 bits per heavy atom. The highest BCUT2D eigenvalue weighted by atomic mass is 16.5. The lowest BCUT2D eigenvalue weighted by molar-refractivity contribution is 0.409. The van der Waals surface area contributed by atoms with Crippen LogP contribution in [0.5, 0.6) is 5.75 Å². The minimum absolute atomic E-state index is 0.532. The summed E-state index contributed by atoms with van der Waals surface area (Å²) in [6.07, 6.45) is 2.51. The van der Waals surface area contributed by atoms with Crippen LogP contribution in [0.1, 0.15) is 16.8 Å². The van der Waals surface area contributed by atoms with Crippen LogP contribution in [0.15, 0.2) is 64.2 Å². The number of ether oxygens (including phenoxy) is 1. The highest BCUT2D eigenvalue weighted by molar-refractivity contribution is 5.79. The second-order valence-electron chi connectivity index (χ2n) is 6.43. The maximum Gasteiger partial charge on any atom is 0.226 e. The third-order valence-corrected chi connectivity index (χ3v) is 4.36. The number of aliphatic imine (C=N–C) groups is 1. The standard InChI is InChI=1S/C22H26N4O2/c1-16-9-10-20(27-3)18(13-16)11-12-24-22(23-2)25-14-19-15-28-21(26-19)17-7-5-4-6-8-17/h4-10,13,15H,11-12,14H2,1-3H3,(H2,23,24,25). The van der Waals surface area contributed by atoms with Gasteiger partial charge in [0, 0.05) is 19.2 Å². The smallest absolute Gasteiger partial charge is 0.226 e. The van der Waals surface area contributed by atoms with E-state index < -0.39 is 0 Å². The quantitative estimate of drug-likeness (QED) is 0.486. The lowest BCUT2D eigenvalue weighted by Gasteiger charge is -2.13. The molecule has 0 unspecified atom stereocenters. The number of oxazole rings is 1. The van der Waals surface area contributed by atoms with Crippen molar-refractivity contribution >= 4 is 5.96 Å². The Morgan fingerprint density at radius 1 is 1.14 bits per heavy atom. The summed E-state index contributed by atoms with van der Waals surface area (Å²) in [6, 6.07) is 16.1. The molecular formula is C22H26N4O2. The van der Waals surface area contributed by atoms with E-state index in [-0.39, 0.29) is 0 Å². The number of nitrogens with zero attached hydrogens (tertiary/aromatic N) is 2.